The predicted octanol–water partition coefficient (Wildman–Crippen LogP) is 3.04. The van der Waals surface area contributed by atoms with Gasteiger partial charge < -0.3 is 0 Å². The van der Waals surface area contributed by atoms with Gasteiger partial charge in [0.2, 0.25) is 0 Å². The highest BCUT2D eigenvalue weighted by molar-refractivity contribution is 5.89. The molecule has 1 aliphatic rings. The SMILES string of the molecule is O=C(n1cccn1)C1(c2ccccc2)CCCC1. The lowest BCUT2D eigenvalue weighted by Gasteiger charge is -2.27. The van der Waals surface area contributed by atoms with Crippen molar-refractivity contribution in [2.45, 2.75) is 31.1 Å². The highest BCUT2D eigenvalue weighted by atomic mass is 16.2. The molecule has 0 unspecified atom stereocenters. The Morgan fingerprint density at radius 2 is 1.83 bits per heavy atom. The number of aromatic nitrogens is 2. The van der Waals surface area contributed by atoms with E-state index >= 15 is 0 Å². The molecule has 1 fully saturated rings. The van der Waals surface area contributed by atoms with Gasteiger partial charge in [-0.2, -0.15) is 5.10 Å². The maximum Gasteiger partial charge on any atom is 0.257 e. The average Bonchev–Trinajstić information content (AvgIpc) is 3.11. The van der Waals surface area contributed by atoms with E-state index in [4.69, 9.17) is 0 Å². The standard InChI is InChI=1S/C15H16N2O/c18-14(17-12-6-11-16-17)15(9-4-5-10-15)13-7-2-1-3-8-13/h1-3,6-8,11-12H,4-5,9-10H2. The van der Waals surface area contributed by atoms with Crippen LogP contribution in [0.25, 0.3) is 0 Å². The third-order valence-electron chi connectivity index (χ3n) is 3.91. The van der Waals surface area contributed by atoms with E-state index in [-0.39, 0.29) is 11.3 Å². The van der Waals surface area contributed by atoms with E-state index < -0.39 is 0 Å². The van der Waals surface area contributed by atoms with Gasteiger partial charge in [-0.25, -0.2) is 4.68 Å². The Morgan fingerprint density at radius 3 is 2.44 bits per heavy atom. The highest BCUT2D eigenvalue weighted by Crippen LogP contribution is 2.42. The molecule has 1 heterocycles. The molecular weight excluding hydrogens is 224 g/mol. The van der Waals surface area contributed by atoms with E-state index in [2.05, 4.69) is 17.2 Å². The van der Waals surface area contributed by atoms with Crippen LogP contribution in [0.4, 0.5) is 0 Å². The summed E-state index contributed by atoms with van der Waals surface area (Å²) in [6, 6.07) is 11.9. The van der Waals surface area contributed by atoms with Crippen molar-refractivity contribution in [3.63, 3.8) is 0 Å². The predicted molar refractivity (Wildman–Crippen MR) is 69.4 cm³/mol. The summed E-state index contributed by atoms with van der Waals surface area (Å²) in [6.45, 7) is 0. The van der Waals surface area contributed by atoms with Crippen LogP contribution in [0.15, 0.2) is 48.8 Å². The van der Waals surface area contributed by atoms with Gasteiger partial charge in [0.15, 0.2) is 0 Å². The Bertz CT molecular complexity index is 525. The van der Waals surface area contributed by atoms with Gasteiger partial charge in [-0.15, -0.1) is 0 Å². The molecule has 0 spiro atoms. The van der Waals surface area contributed by atoms with Crippen LogP contribution in [0.5, 0.6) is 0 Å². The number of nitrogens with zero attached hydrogens (tertiary/aromatic N) is 2. The molecule has 3 rings (SSSR count). The van der Waals surface area contributed by atoms with Crippen LogP contribution >= 0.6 is 0 Å². The summed E-state index contributed by atoms with van der Waals surface area (Å²) in [5, 5.41) is 4.10. The molecule has 3 heteroatoms. The lowest BCUT2D eigenvalue weighted by Crippen LogP contribution is -2.37. The van der Waals surface area contributed by atoms with Crippen molar-refractivity contribution in [2.75, 3.05) is 0 Å². The minimum atomic E-state index is -0.368. The summed E-state index contributed by atoms with van der Waals surface area (Å²) in [7, 11) is 0. The summed E-state index contributed by atoms with van der Waals surface area (Å²) in [6.07, 6.45) is 7.48. The molecule has 0 saturated heterocycles. The molecule has 1 aromatic heterocycles. The van der Waals surface area contributed by atoms with Gasteiger partial charge in [0.05, 0.1) is 5.41 Å². The summed E-state index contributed by atoms with van der Waals surface area (Å²) in [4.78, 5) is 12.7. The molecule has 0 atom stereocenters. The van der Waals surface area contributed by atoms with Crippen LogP contribution in [0.1, 0.15) is 36.0 Å². The highest BCUT2D eigenvalue weighted by Gasteiger charge is 2.43. The van der Waals surface area contributed by atoms with E-state index in [9.17, 15) is 4.79 Å². The van der Waals surface area contributed by atoms with Crippen molar-refractivity contribution in [3.05, 3.63) is 54.4 Å². The Hall–Kier alpha value is -1.90. The molecule has 92 valence electrons. The zero-order valence-electron chi connectivity index (χ0n) is 10.2. The maximum atomic E-state index is 12.7. The first-order valence-electron chi connectivity index (χ1n) is 6.43. The Morgan fingerprint density at radius 1 is 1.11 bits per heavy atom. The lowest BCUT2D eigenvalue weighted by molar-refractivity contribution is 0.0779. The molecule has 3 nitrogen and oxygen atoms in total. The van der Waals surface area contributed by atoms with Crippen molar-refractivity contribution in [2.24, 2.45) is 0 Å². The van der Waals surface area contributed by atoms with Crippen molar-refractivity contribution >= 4 is 5.91 Å². The number of carbonyl (C=O) groups is 1. The third kappa shape index (κ3) is 1.67. The largest absolute Gasteiger partial charge is 0.272 e. The van der Waals surface area contributed by atoms with Gasteiger partial charge in [-0.3, -0.25) is 4.79 Å². The van der Waals surface area contributed by atoms with Crippen molar-refractivity contribution in [1.82, 2.24) is 9.78 Å². The number of hydrogen-bond donors (Lipinski definition) is 0. The van der Waals surface area contributed by atoms with Gasteiger partial charge in [0.25, 0.3) is 5.91 Å². The smallest absolute Gasteiger partial charge is 0.257 e. The van der Waals surface area contributed by atoms with Crippen LogP contribution in [0.3, 0.4) is 0 Å². The van der Waals surface area contributed by atoms with E-state index in [1.807, 2.05) is 18.2 Å². The molecule has 18 heavy (non-hydrogen) atoms. The first-order valence-corrected chi connectivity index (χ1v) is 6.43. The van der Waals surface area contributed by atoms with E-state index in [1.165, 1.54) is 4.68 Å². The minimum absolute atomic E-state index is 0.108. The van der Waals surface area contributed by atoms with Crippen LogP contribution in [0, 0.1) is 0 Å². The quantitative estimate of drug-likeness (QED) is 0.808. The van der Waals surface area contributed by atoms with Crippen molar-refractivity contribution in [1.29, 1.82) is 0 Å². The van der Waals surface area contributed by atoms with E-state index in [0.29, 0.717) is 0 Å². The fourth-order valence-electron chi connectivity index (χ4n) is 2.97. The first-order chi connectivity index (χ1) is 8.83. The molecular formula is C15H16N2O. The maximum absolute atomic E-state index is 12.7. The topological polar surface area (TPSA) is 34.9 Å². The van der Waals surface area contributed by atoms with Gasteiger partial charge in [-0.1, -0.05) is 43.2 Å². The van der Waals surface area contributed by atoms with Gasteiger partial charge in [0, 0.05) is 12.4 Å². The van der Waals surface area contributed by atoms with Crippen molar-refractivity contribution < 1.29 is 4.79 Å². The lowest BCUT2D eigenvalue weighted by atomic mass is 9.78. The Balaban J connectivity index is 2.05. The molecule has 1 aliphatic carbocycles. The van der Waals surface area contributed by atoms with E-state index in [1.54, 1.807) is 18.5 Å². The first kappa shape index (κ1) is 11.2. The number of hydrogen-bond acceptors (Lipinski definition) is 2. The Labute approximate surface area is 106 Å². The van der Waals surface area contributed by atoms with Crippen molar-refractivity contribution in [3.8, 4) is 0 Å². The monoisotopic (exact) mass is 240 g/mol. The molecule has 1 saturated carbocycles. The molecule has 0 radical (unpaired) electrons. The molecule has 0 bridgehead atoms. The number of benzene rings is 1. The molecule has 0 aliphatic heterocycles. The van der Waals surface area contributed by atoms with Gasteiger partial charge in [-0.05, 0) is 24.5 Å². The average molecular weight is 240 g/mol. The van der Waals surface area contributed by atoms with Crippen LogP contribution in [-0.2, 0) is 5.41 Å². The molecule has 0 N–H and O–H groups in total. The normalized spacial score (nSPS) is 17.8. The van der Waals surface area contributed by atoms with Crippen LogP contribution in [-0.4, -0.2) is 15.7 Å². The van der Waals surface area contributed by atoms with Gasteiger partial charge in [0.1, 0.15) is 0 Å². The fourth-order valence-corrected chi connectivity index (χ4v) is 2.97. The summed E-state index contributed by atoms with van der Waals surface area (Å²) >= 11 is 0. The number of rotatable bonds is 2. The summed E-state index contributed by atoms with van der Waals surface area (Å²) in [5.41, 5.74) is 0.760. The van der Waals surface area contributed by atoms with Gasteiger partial charge >= 0.3 is 0 Å². The summed E-state index contributed by atoms with van der Waals surface area (Å²) < 4.78 is 1.48. The minimum Gasteiger partial charge on any atom is -0.272 e. The fraction of sp³-hybridized carbons (Fsp3) is 0.333. The van der Waals surface area contributed by atoms with Crippen LogP contribution < -0.4 is 0 Å². The molecule has 0 amide bonds. The summed E-state index contributed by atoms with van der Waals surface area (Å²) in [5.74, 6) is 0.108. The third-order valence-corrected chi connectivity index (χ3v) is 3.91. The molecule has 1 aromatic carbocycles. The zero-order valence-corrected chi connectivity index (χ0v) is 10.2. The number of carbonyl (C=O) groups excluding carboxylic acids is 1. The zero-order chi connectivity index (χ0) is 12.4. The Kier molecular flexibility index (Phi) is 2.74. The molecule has 2 aromatic rings. The second-order valence-corrected chi connectivity index (χ2v) is 4.91. The second kappa shape index (κ2) is 4.41. The van der Waals surface area contributed by atoms with Crippen LogP contribution in [0.2, 0.25) is 0 Å². The van der Waals surface area contributed by atoms with E-state index in [0.717, 1.165) is 31.2 Å². The second-order valence-electron chi connectivity index (χ2n) is 4.91.